The summed E-state index contributed by atoms with van der Waals surface area (Å²) in [6.07, 6.45) is 1.40. The summed E-state index contributed by atoms with van der Waals surface area (Å²) in [6, 6.07) is 12.7. The monoisotopic (exact) mass is 426 g/mol. The number of benzene rings is 1. The average molecular weight is 427 g/mol. The first-order valence-corrected chi connectivity index (χ1v) is 10.7. The van der Waals surface area contributed by atoms with Gasteiger partial charge in [-0.05, 0) is 41.1 Å². The second-order valence-corrected chi connectivity index (χ2v) is 8.24. The van der Waals surface area contributed by atoms with Gasteiger partial charge in [0.25, 0.3) is 5.91 Å². The number of hydrazone groups is 1. The minimum Gasteiger partial charge on any atom is -0.493 e. The van der Waals surface area contributed by atoms with Crippen molar-refractivity contribution in [3.8, 4) is 11.5 Å². The summed E-state index contributed by atoms with van der Waals surface area (Å²) in [5.74, 6) is 0.568. The van der Waals surface area contributed by atoms with Crippen LogP contribution < -0.4 is 9.47 Å². The minimum atomic E-state index is -0.239. The molecule has 0 saturated heterocycles. The average Bonchev–Trinajstić information content (AvgIpc) is 3.51. The van der Waals surface area contributed by atoms with Gasteiger partial charge >= 0.3 is 0 Å². The Balaban J connectivity index is 1.53. The topological polar surface area (TPSA) is 68.2 Å². The predicted octanol–water partition coefficient (Wildman–Crippen LogP) is 4.39. The number of hydrogen-bond acceptors (Lipinski definition) is 7. The largest absolute Gasteiger partial charge is 0.493 e. The molecule has 3 heterocycles. The molecule has 0 saturated carbocycles. The molecule has 0 aliphatic carbocycles. The molecular weight excluding hydrogens is 408 g/mol. The molecule has 1 aliphatic rings. The van der Waals surface area contributed by atoms with Crippen molar-refractivity contribution in [1.29, 1.82) is 0 Å². The van der Waals surface area contributed by atoms with Crippen molar-refractivity contribution >= 4 is 40.6 Å². The van der Waals surface area contributed by atoms with Crippen LogP contribution >= 0.6 is 22.7 Å². The molecule has 1 amide bonds. The highest BCUT2D eigenvalue weighted by Crippen LogP contribution is 2.36. The van der Waals surface area contributed by atoms with E-state index in [0.29, 0.717) is 23.5 Å². The quantitative estimate of drug-likeness (QED) is 0.526. The molecule has 0 bridgehead atoms. The molecule has 0 N–H and O–H groups in total. The zero-order valence-corrected chi connectivity index (χ0v) is 17.2. The Kier molecular flexibility index (Phi) is 5.73. The van der Waals surface area contributed by atoms with Crippen LogP contribution in [0.15, 0.2) is 58.3 Å². The maximum atomic E-state index is 13.0. The Labute approximate surface area is 176 Å². The van der Waals surface area contributed by atoms with Gasteiger partial charge in [-0.25, -0.2) is 5.01 Å². The minimum absolute atomic E-state index is 0.137. The number of aldehydes is 1. The fourth-order valence-electron chi connectivity index (χ4n) is 3.12. The second-order valence-electron chi connectivity index (χ2n) is 6.31. The van der Waals surface area contributed by atoms with Crippen molar-refractivity contribution in [2.75, 3.05) is 13.7 Å². The molecule has 0 fully saturated rings. The molecule has 0 radical (unpaired) electrons. The molecular formula is C21H18N2O4S2. The van der Waals surface area contributed by atoms with Crippen LogP contribution in [0.25, 0.3) is 0 Å². The molecule has 2 aromatic heterocycles. The third-order valence-electron chi connectivity index (χ3n) is 4.52. The predicted molar refractivity (Wildman–Crippen MR) is 113 cm³/mol. The van der Waals surface area contributed by atoms with Crippen LogP contribution in [0.2, 0.25) is 0 Å². The lowest BCUT2D eigenvalue weighted by atomic mass is 10.1. The summed E-state index contributed by atoms with van der Waals surface area (Å²) in [5.41, 5.74) is 1.38. The van der Waals surface area contributed by atoms with Crippen LogP contribution in [0, 0.1) is 0 Å². The van der Waals surface area contributed by atoms with Crippen LogP contribution in [0.3, 0.4) is 0 Å². The number of carbonyl (C=O) groups is 2. The van der Waals surface area contributed by atoms with Crippen molar-refractivity contribution in [2.45, 2.75) is 12.5 Å². The first-order chi connectivity index (χ1) is 14.2. The third-order valence-corrected chi connectivity index (χ3v) is 6.41. The SMILES string of the molecule is COc1cc(C=O)ccc1OCC(=O)N1N=C(c2cccs2)CC1c1cccs1. The van der Waals surface area contributed by atoms with Gasteiger partial charge in [-0.3, -0.25) is 9.59 Å². The first kappa shape index (κ1) is 19.4. The van der Waals surface area contributed by atoms with Gasteiger partial charge < -0.3 is 9.47 Å². The third kappa shape index (κ3) is 4.08. The molecule has 3 aromatic rings. The Morgan fingerprint density at radius 3 is 2.72 bits per heavy atom. The maximum Gasteiger partial charge on any atom is 0.281 e. The Hall–Kier alpha value is -2.97. The Bertz CT molecular complexity index is 1030. The van der Waals surface area contributed by atoms with Gasteiger partial charge in [0.1, 0.15) is 6.29 Å². The van der Waals surface area contributed by atoms with Crippen LogP contribution in [0.5, 0.6) is 11.5 Å². The number of hydrogen-bond donors (Lipinski definition) is 0. The molecule has 0 spiro atoms. The maximum absolute atomic E-state index is 13.0. The van der Waals surface area contributed by atoms with Crippen molar-refractivity contribution in [3.05, 3.63) is 68.5 Å². The van der Waals surface area contributed by atoms with Crippen molar-refractivity contribution < 1.29 is 19.1 Å². The van der Waals surface area contributed by atoms with Crippen LogP contribution in [0.4, 0.5) is 0 Å². The van der Waals surface area contributed by atoms with Gasteiger partial charge in [0, 0.05) is 16.9 Å². The highest BCUT2D eigenvalue weighted by molar-refractivity contribution is 7.12. The number of thiophene rings is 2. The van der Waals surface area contributed by atoms with E-state index in [1.54, 1.807) is 40.9 Å². The smallest absolute Gasteiger partial charge is 0.281 e. The Morgan fingerprint density at radius 2 is 2.03 bits per heavy atom. The fraction of sp³-hybridized carbons (Fsp3) is 0.190. The number of nitrogens with zero attached hydrogens (tertiary/aromatic N) is 2. The van der Waals surface area contributed by atoms with E-state index in [-0.39, 0.29) is 18.6 Å². The van der Waals surface area contributed by atoms with Crippen molar-refractivity contribution in [2.24, 2.45) is 5.10 Å². The molecule has 1 unspecified atom stereocenters. The van der Waals surface area contributed by atoms with Crippen molar-refractivity contribution in [3.63, 3.8) is 0 Å². The van der Waals surface area contributed by atoms with Gasteiger partial charge in [-0.1, -0.05) is 12.1 Å². The van der Waals surface area contributed by atoms with E-state index in [9.17, 15) is 9.59 Å². The summed E-state index contributed by atoms with van der Waals surface area (Å²) in [6.45, 7) is -0.181. The zero-order chi connectivity index (χ0) is 20.2. The molecule has 1 aliphatic heterocycles. The van der Waals surface area contributed by atoms with Crippen LogP contribution in [-0.4, -0.2) is 36.6 Å². The lowest BCUT2D eigenvalue weighted by Crippen LogP contribution is -2.31. The van der Waals surface area contributed by atoms with E-state index in [4.69, 9.17) is 9.47 Å². The molecule has 1 atom stereocenters. The summed E-state index contributed by atoms with van der Waals surface area (Å²) < 4.78 is 11.0. The standard InChI is InChI=1S/C21H18N2O4S2/c1-26-18-10-14(12-24)6-7-17(18)27-13-21(25)23-16(20-5-3-9-29-20)11-15(22-23)19-4-2-8-28-19/h2-10,12,16H,11,13H2,1H3. The lowest BCUT2D eigenvalue weighted by Gasteiger charge is -2.21. The van der Waals surface area contributed by atoms with E-state index >= 15 is 0 Å². The number of carbonyl (C=O) groups excluding carboxylic acids is 2. The number of ether oxygens (including phenoxy) is 2. The van der Waals surface area contributed by atoms with Gasteiger partial charge in [-0.2, -0.15) is 5.10 Å². The lowest BCUT2D eigenvalue weighted by molar-refractivity contribution is -0.135. The summed E-state index contributed by atoms with van der Waals surface area (Å²) in [4.78, 5) is 26.0. The van der Waals surface area contributed by atoms with E-state index < -0.39 is 0 Å². The summed E-state index contributed by atoms with van der Waals surface area (Å²) >= 11 is 3.22. The van der Waals surface area contributed by atoms with Crippen LogP contribution in [-0.2, 0) is 4.79 Å². The highest BCUT2D eigenvalue weighted by Gasteiger charge is 2.34. The summed E-state index contributed by atoms with van der Waals surface area (Å²) in [7, 11) is 1.49. The van der Waals surface area contributed by atoms with E-state index in [2.05, 4.69) is 5.10 Å². The molecule has 29 heavy (non-hydrogen) atoms. The number of rotatable bonds is 7. The summed E-state index contributed by atoms with van der Waals surface area (Å²) in [5, 5.41) is 10.1. The molecule has 6 nitrogen and oxygen atoms in total. The van der Waals surface area contributed by atoms with E-state index in [1.807, 2.05) is 35.0 Å². The molecule has 148 valence electrons. The highest BCUT2D eigenvalue weighted by atomic mass is 32.1. The first-order valence-electron chi connectivity index (χ1n) is 8.92. The number of amides is 1. The number of methoxy groups -OCH3 is 1. The van der Waals surface area contributed by atoms with E-state index in [1.165, 1.54) is 12.1 Å². The van der Waals surface area contributed by atoms with Crippen LogP contribution in [0.1, 0.15) is 32.6 Å². The molecule has 4 rings (SSSR count). The van der Waals surface area contributed by atoms with Gasteiger partial charge in [0.05, 0.1) is 23.7 Å². The van der Waals surface area contributed by atoms with Gasteiger partial charge in [0.2, 0.25) is 0 Å². The van der Waals surface area contributed by atoms with Crippen molar-refractivity contribution in [1.82, 2.24) is 5.01 Å². The molecule has 8 heteroatoms. The zero-order valence-electron chi connectivity index (χ0n) is 15.6. The second kappa shape index (κ2) is 8.59. The van der Waals surface area contributed by atoms with Gasteiger partial charge in [-0.15, -0.1) is 22.7 Å². The fourth-order valence-corrected chi connectivity index (χ4v) is 4.65. The van der Waals surface area contributed by atoms with Gasteiger partial charge in [0.15, 0.2) is 18.1 Å². The normalized spacial score (nSPS) is 15.8. The molecule has 1 aromatic carbocycles. The Morgan fingerprint density at radius 1 is 1.21 bits per heavy atom. The van der Waals surface area contributed by atoms with E-state index in [0.717, 1.165) is 21.8 Å².